The average molecular weight is 500 g/mol. The Hall–Kier alpha value is -3.68. The quantitative estimate of drug-likeness (QED) is 0.279. The Balaban J connectivity index is 1.94. The lowest BCUT2D eigenvalue weighted by Crippen LogP contribution is -2.29. The number of rotatable bonds is 5. The Kier molecular flexibility index (Phi) is 6.41. The van der Waals surface area contributed by atoms with Gasteiger partial charge >= 0.3 is 0 Å². The van der Waals surface area contributed by atoms with Gasteiger partial charge in [0.1, 0.15) is 23.0 Å². The summed E-state index contributed by atoms with van der Waals surface area (Å²) in [4.78, 5) is 27.6. The van der Waals surface area contributed by atoms with Crippen LogP contribution in [0.15, 0.2) is 66.2 Å². The maximum atomic E-state index is 13.2. The number of aromatic hydroxyl groups is 1. The third-order valence-corrected chi connectivity index (χ3v) is 6.11. The molecule has 34 heavy (non-hydrogen) atoms. The van der Waals surface area contributed by atoms with Crippen molar-refractivity contribution in [3.8, 4) is 17.2 Å². The summed E-state index contributed by atoms with van der Waals surface area (Å²) in [5, 5.41) is 21.3. The van der Waals surface area contributed by atoms with Crippen LogP contribution < -0.4 is 14.4 Å². The van der Waals surface area contributed by atoms with Crippen LogP contribution in [0.3, 0.4) is 0 Å². The van der Waals surface area contributed by atoms with Crippen molar-refractivity contribution in [3.63, 3.8) is 0 Å². The maximum Gasteiger partial charge on any atom is 0.300 e. The number of hydrogen-bond donors (Lipinski definition) is 2. The largest absolute Gasteiger partial charge is 0.507 e. The van der Waals surface area contributed by atoms with Crippen LogP contribution in [-0.4, -0.2) is 36.1 Å². The highest BCUT2D eigenvalue weighted by Gasteiger charge is 2.47. The second-order valence-electron chi connectivity index (χ2n) is 7.43. The van der Waals surface area contributed by atoms with E-state index < -0.39 is 23.5 Å². The number of carbonyl (C=O) groups is 2. The number of hydrogen-bond acceptors (Lipinski definition) is 6. The van der Waals surface area contributed by atoms with Gasteiger partial charge in [-0.15, -0.1) is 0 Å². The lowest BCUT2D eigenvalue weighted by Gasteiger charge is -2.26. The monoisotopic (exact) mass is 499 g/mol. The molecule has 1 atom stereocenters. The highest BCUT2D eigenvalue weighted by Crippen LogP contribution is 2.44. The Labute approximate surface area is 205 Å². The molecule has 0 bridgehead atoms. The molecule has 3 aromatic rings. The van der Waals surface area contributed by atoms with E-state index in [1.807, 2.05) is 0 Å². The number of methoxy groups -OCH3 is 2. The first kappa shape index (κ1) is 23.5. The SMILES string of the molecule is COc1ccc(N2C(=O)C(=O)/C(=C(\O)c3ccc(OC)c(Cl)c3)C2c2ccc(O)c(Cl)c2)cc1. The predicted octanol–water partition coefficient (Wildman–Crippen LogP) is 5.34. The molecule has 1 unspecified atom stereocenters. The van der Waals surface area contributed by atoms with Gasteiger partial charge in [-0.05, 0) is 60.2 Å². The summed E-state index contributed by atoms with van der Waals surface area (Å²) in [6.45, 7) is 0. The van der Waals surface area contributed by atoms with Gasteiger partial charge in [-0.1, -0.05) is 29.3 Å². The van der Waals surface area contributed by atoms with Crippen molar-refractivity contribution < 1.29 is 29.3 Å². The second kappa shape index (κ2) is 9.29. The van der Waals surface area contributed by atoms with E-state index in [9.17, 15) is 19.8 Å². The maximum absolute atomic E-state index is 13.2. The molecule has 174 valence electrons. The second-order valence-corrected chi connectivity index (χ2v) is 8.24. The minimum absolute atomic E-state index is 0.0327. The molecule has 3 aromatic carbocycles. The number of Topliss-reactive ketones (excluding diaryl/α,β-unsaturated/α-hetero) is 1. The molecule has 1 heterocycles. The van der Waals surface area contributed by atoms with Gasteiger partial charge in [0, 0.05) is 11.3 Å². The van der Waals surface area contributed by atoms with Crippen LogP contribution >= 0.6 is 23.2 Å². The number of benzene rings is 3. The smallest absolute Gasteiger partial charge is 0.300 e. The molecule has 1 saturated heterocycles. The van der Waals surface area contributed by atoms with E-state index in [-0.39, 0.29) is 26.9 Å². The number of phenolic OH excluding ortho intramolecular Hbond substituents is 1. The van der Waals surface area contributed by atoms with Crippen molar-refractivity contribution in [3.05, 3.63) is 87.4 Å². The Morgan fingerprint density at radius 2 is 1.62 bits per heavy atom. The van der Waals surface area contributed by atoms with E-state index in [1.165, 1.54) is 49.5 Å². The minimum atomic E-state index is -1.02. The van der Waals surface area contributed by atoms with Crippen LogP contribution in [0.2, 0.25) is 10.0 Å². The molecule has 0 radical (unpaired) electrons. The van der Waals surface area contributed by atoms with E-state index in [4.69, 9.17) is 32.7 Å². The molecule has 1 fully saturated rings. The lowest BCUT2D eigenvalue weighted by molar-refractivity contribution is -0.132. The van der Waals surface area contributed by atoms with Gasteiger partial charge in [-0.25, -0.2) is 0 Å². The third-order valence-electron chi connectivity index (χ3n) is 5.51. The van der Waals surface area contributed by atoms with Gasteiger partial charge in [0.05, 0.1) is 35.9 Å². The standard InChI is InChI=1S/C25H19Cl2NO6/c1-33-16-7-5-15(6-8-16)28-22(13-3-9-19(29)17(26)11-13)21(24(31)25(28)32)23(30)14-4-10-20(34-2)18(27)12-14/h3-12,22,29-30H,1-2H3/b23-21-. The zero-order valence-electron chi connectivity index (χ0n) is 18.1. The van der Waals surface area contributed by atoms with Crippen LogP contribution in [0.1, 0.15) is 17.2 Å². The number of aliphatic hydroxyl groups excluding tert-OH is 1. The predicted molar refractivity (Wildman–Crippen MR) is 129 cm³/mol. The highest BCUT2D eigenvalue weighted by atomic mass is 35.5. The number of amides is 1. The molecular weight excluding hydrogens is 481 g/mol. The van der Waals surface area contributed by atoms with Crippen LogP contribution in [0.5, 0.6) is 17.2 Å². The average Bonchev–Trinajstić information content (AvgIpc) is 3.10. The molecular formula is C25H19Cl2NO6. The Morgan fingerprint density at radius 3 is 2.21 bits per heavy atom. The van der Waals surface area contributed by atoms with Crippen molar-refractivity contribution in [1.29, 1.82) is 0 Å². The van der Waals surface area contributed by atoms with Gasteiger partial charge in [0.15, 0.2) is 0 Å². The molecule has 7 nitrogen and oxygen atoms in total. The molecule has 0 spiro atoms. The van der Waals surface area contributed by atoms with Gasteiger partial charge in [0.25, 0.3) is 11.7 Å². The molecule has 1 aliphatic rings. The zero-order valence-corrected chi connectivity index (χ0v) is 19.6. The first-order valence-electron chi connectivity index (χ1n) is 10.0. The zero-order chi connectivity index (χ0) is 24.6. The van der Waals surface area contributed by atoms with Crippen molar-refractivity contribution in [2.24, 2.45) is 0 Å². The summed E-state index contributed by atoms with van der Waals surface area (Å²) < 4.78 is 10.3. The molecule has 1 aliphatic heterocycles. The van der Waals surface area contributed by atoms with Gasteiger partial charge in [0.2, 0.25) is 0 Å². The summed E-state index contributed by atoms with van der Waals surface area (Å²) >= 11 is 12.3. The number of phenols is 1. The normalized spacial score (nSPS) is 17.2. The van der Waals surface area contributed by atoms with E-state index in [2.05, 4.69) is 0 Å². The van der Waals surface area contributed by atoms with Gasteiger partial charge in [-0.2, -0.15) is 0 Å². The van der Waals surface area contributed by atoms with Crippen molar-refractivity contribution in [2.45, 2.75) is 6.04 Å². The highest BCUT2D eigenvalue weighted by molar-refractivity contribution is 6.51. The fourth-order valence-electron chi connectivity index (χ4n) is 3.82. The number of halogens is 2. The topological polar surface area (TPSA) is 96.3 Å². The Morgan fingerprint density at radius 1 is 0.912 bits per heavy atom. The molecule has 0 saturated carbocycles. The number of anilines is 1. The number of carbonyl (C=O) groups excluding carboxylic acids is 2. The number of ether oxygens (including phenoxy) is 2. The van der Waals surface area contributed by atoms with Gasteiger partial charge in [-0.3, -0.25) is 14.5 Å². The van der Waals surface area contributed by atoms with E-state index >= 15 is 0 Å². The molecule has 2 N–H and O–H groups in total. The van der Waals surface area contributed by atoms with Crippen molar-refractivity contribution in [2.75, 3.05) is 19.1 Å². The van der Waals surface area contributed by atoms with Gasteiger partial charge < -0.3 is 19.7 Å². The van der Waals surface area contributed by atoms with Crippen molar-refractivity contribution >= 4 is 46.3 Å². The van der Waals surface area contributed by atoms with E-state index in [0.29, 0.717) is 22.7 Å². The molecule has 9 heteroatoms. The van der Waals surface area contributed by atoms with E-state index in [1.54, 1.807) is 30.3 Å². The minimum Gasteiger partial charge on any atom is -0.507 e. The molecule has 4 rings (SSSR count). The summed E-state index contributed by atoms with van der Waals surface area (Å²) in [7, 11) is 2.97. The van der Waals surface area contributed by atoms with Crippen LogP contribution in [0.4, 0.5) is 5.69 Å². The fraction of sp³-hybridized carbons (Fsp3) is 0.120. The first-order valence-corrected chi connectivity index (χ1v) is 10.8. The molecule has 1 amide bonds. The van der Waals surface area contributed by atoms with E-state index in [0.717, 1.165) is 0 Å². The summed E-state index contributed by atoms with van der Waals surface area (Å²) in [6, 6.07) is 14.4. The third kappa shape index (κ3) is 4.04. The summed E-state index contributed by atoms with van der Waals surface area (Å²) in [6.07, 6.45) is 0. The van der Waals surface area contributed by atoms with Crippen LogP contribution in [0.25, 0.3) is 5.76 Å². The van der Waals surface area contributed by atoms with Crippen LogP contribution in [-0.2, 0) is 9.59 Å². The first-order chi connectivity index (χ1) is 16.3. The number of aliphatic hydroxyl groups is 1. The molecule has 0 aliphatic carbocycles. The van der Waals surface area contributed by atoms with Crippen molar-refractivity contribution in [1.82, 2.24) is 0 Å². The molecule has 0 aromatic heterocycles. The number of nitrogens with zero attached hydrogens (tertiary/aromatic N) is 1. The summed E-state index contributed by atoms with van der Waals surface area (Å²) in [5.41, 5.74) is 0.903. The lowest BCUT2D eigenvalue weighted by atomic mass is 9.95. The number of ketones is 1. The Bertz CT molecular complexity index is 1320. The fourth-order valence-corrected chi connectivity index (χ4v) is 4.27. The summed E-state index contributed by atoms with van der Waals surface area (Å²) in [5.74, 6) is -1.33. The van der Waals surface area contributed by atoms with Crippen LogP contribution in [0, 0.1) is 0 Å².